The minimum atomic E-state index is -0.993. The molecule has 1 aliphatic rings. The number of hydrogen-bond acceptors (Lipinski definition) is 4. The molecule has 0 atom stereocenters. The van der Waals surface area contributed by atoms with Crippen LogP contribution in [-0.4, -0.2) is 50.9 Å². The second-order valence-corrected chi connectivity index (χ2v) is 10.9. The number of nitrogens with zero attached hydrogens (tertiary/aromatic N) is 3. The number of aromatic carboxylic acids is 1. The first-order chi connectivity index (χ1) is 20.0. The number of fused-ring (bicyclic) bond motifs is 3. The van der Waals surface area contributed by atoms with Gasteiger partial charge in [0.25, 0.3) is 0 Å². The predicted molar refractivity (Wildman–Crippen MR) is 159 cm³/mol. The van der Waals surface area contributed by atoms with E-state index in [2.05, 4.69) is 27.2 Å². The summed E-state index contributed by atoms with van der Waals surface area (Å²) in [6.45, 7) is 4.39. The summed E-state index contributed by atoms with van der Waals surface area (Å²) in [7, 11) is 2.04. The van der Waals surface area contributed by atoms with Crippen LogP contribution in [0, 0.1) is 5.82 Å². The normalized spacial score (nSPS) is 14.2. The number of carbonyl (C=O) groups is 1. The standard InChI is InChI=1S/C33H35FN4O3/c1-3-26-30-27(36-35-26)20-37(2)17-6-7-18-38-31-24(15-16-25(34)29(30)31)23(32(38)33(39)40)13-9-19-41-28-14-8-11-21-10-4-5-12-22(21)28/h4-5,8,10-12,14-16H,3,6-7,9,13,17-20H2,1-2H3,(H,35,36)(H,39,40). The quantitative estimate of drug-likeness (QED) is 0.216. The summed E-state index contributed by atoms with van der Waals surface area (Å²) in [6.07, 6.45) is 3.47. The zero-order valence-electron chi connectivity index (χ0n) is 23.5. The molecule has 0 spiro atoms. The summed E-state index contributed by atoms with van der Waals surface area (Å²) < 4.78 is 23.9. The van der Waals surface area contributed by atoms with Gasteiger partial charge in [-0.3, -0.25) is 5.10 Å². The highest BCUT2D eigenvalue weighted by Crippen LogP contribution is 2.40. The van der Waals surface area contributed by atoms with Crippen LogP contribution in [0.1, 0.15) is 53.6 Å². The van der Waals surface area contributed by atoms with E-state index in [4.69, 9.17) is 4.74 Å². The molecule has 5 aromatic rings. The zero-order valence-corrected chi connectivity index (χ0v) is 23.5. The van der Waals surface area contributed by atoms with Gasteiger partial charge in [0.2, 0.25) is 0 Å². The molecule has 212 valence electrons. The molecule has 6 rings (SSSR count). The van der Waals surface area contributed by atoms with Gasteiger partial charge in [-0.25, -0.2) is 9.18 Å². The fourth-order valence-corrected chi connectivity index (χ4v) is 6.28. The van der Waals surface area contributed by atoms with Gasteiger partial charge in [-0.1, -0.05) is 43.3 Å². The molecular formula is C33H35FN4O3. The van der Waals surface area contributed by atoms with Gasteiger partial charge in [-0.05, 0) is 74.8 Å². The van der Waals surface area contributed by atoms with Crippen LogP contribution < -0.4 is 4.74 Å². The van der Waals surface area contributed by atoms with Crippen LogP contribution in [0.5, 0.6) is 5.75 Å². The summed E-state index contributed by atoms with van der Waals surface area (Å²) in [5.74, 6) is -0.543. The van der Waals surface area contributed by atoms with Crippen molar-refractivity contribution in [1.29, 1.82) is 0 Å². The number of aryl methyl sites for hydroxylation is 3. The topological polar surface area (TPSA) is 83.4 Å². The Bertz CT molecular complexity index is 1730. The lowest BCUT2D eigenvalue weighted by atomic mass is 9.96. The lowest BCUT2D eigenvalue weighted by Crippen LogP contribution is -2.20. The number of hydrogen-bond donors (Lipinski definition) is 2. The van der Waals surface area contributed by atoms with E-state index in [0.29, 0.717) is 50.0 Å². The minimum absolute atomic E-state index is 0.243. The first-order valence-corrected chi connectivity index (χ1v) is 14.4. The number of halogens is 1. The SMILES string of the molecule is CCc1[nH]nc2c1-c1c(F)ccc3c(CCCOc4cccc5ccccc45)c(C(=O)O)n(c13)CCCCN(C)C2. The van der Waals surface area contributed by atoms with Gasteiger partial charge in [0.15, 0.2) is 0 Å². The summed E-state index contributed by atoms with van der Waals surface area (Å²) in [5, 5.41) is 21.1. The number of rotatable bonds is 7. The number of benzene rings is 3. The van der Waals surface area contributed by atoms with Gasteiger partial charge in [0, 0.05) is 40.7 Å². The lowest BCUT2D eigenvalue weighted by Gasteiger charge is -2.16. The van der Waals surface area contributed by atoms with Crippen LogP contribution in [-0.2, 0) is 25.9 Å². The summed E-state index contributed by atoms with van der Waals surface area (Å²) in [4.78, 5) is 15.0. The van der Waals surface area contributed by atoms with Crippen molar-refractivity contribution >= 4 is 27.6 Å². The maximum Gasteiger partial charge on any atom is 0.352 e. The van der Waals surface area contributed by atoms with Crippen LogP contribution >= 0.6 is 0 Å². The third-order valence-corrected chi connectivity index (χ3v) is 8.17. The Labute approximate surface area is 238 Å². The summed E-state index contributed by atoms with van der Waals surface area (Å²) >= 11 is 0. The molecule has 0 saturated heterocycles. The van der Waals surface area contributed by atoms with Gasteiger partial charge in [0.1, 0.15) is 17.3 Å². The lowest BCUT2D eigenvalue weighted by molar-refractivity contribution is 0.0684. The van der Waals surface area contributed by atoms with Gasteiger partial charge in [-0.2, -0.15) is 5.10 Å². The zero-order chi connectivity index (χ0) is 28.5. The highest BCUT2D eigenvalue weighted by atomic mass is 19.1. The Morgan fingerprint density at radius 2 is 1.85 bits per heavy atom. The molecule has 0 aliphatic carbocycles. The fourth-order valence-electron chi connectivity index (χ4n) is 6.28. The van der Waals surface area contributed by atoms with E-state index in [1.54, 1.807) is 6.07 Å². The molecule has 0 bridgehead atoms. The number of aromatic nitrogens is 3. The molecule has 41 heavy (non-hydrogen) atoms. The first-order valence-electron chi connectivity index (χ1n) is 14.4. The second-order valence-electron chi connectivity index (χ2n) is 10.9. The molecule has 0 radical (unpaired) electrons. The van der Waals surface area contributed by atoms with Crippen molar-refractivity contribution in [1.82, 2.24) is 19.7 Å². The van der Waals surface area contributed by atoms with Crippen LogP contribution in [0.4, 0.5) is 4.39 Å². The van der Waals surface area contributed by atoms with E-state index in [1.807, 2.05) is 48.9 Å². The van der Waals surface area contributed by atoms with E-state index < -0.39 is 5.97 Å². The van der Waals surface area contributed by atoms with Gasteiger partial charge < -0.3 is 19.3 Å². The summed E-state index contributed by atoms with van der Waals surface area (Å²) in [6, 6.07) is 17.3. The molecule has 2 N–H and O–H groups in total. The average molecular weight is 555 g/mol. The Hall–Kier alpha value is -4.17. The summed E-state index contributed by atoms with van der Waals surface area (Å²) in [5.41, 5.74) is 4.46. The molecule has 0 saturated carbocycles. The van der Waals surface area contributed by atoms with E-state index in [9.17, 15) is 9.90 Å². The Balaban J connectivity index is 1.42. The van der Waals surface area contributed by atoms with Gasteiger partial charge in [-0.15, -0.1) is 0 Å². The Morgan fingerprint density at radius 3 is 2.68 bits per heavy atom. The van der Waals surface area contributed by atoms with Crippen LogP contribution in [0.3, 0.4) is 0 Å². The van der Waals surface area contributed by atoms with Crippen molar-refractivity contribution in [3.05, 3.63) is 83.1 Å². The molecule has 7 nitrogen and oxygen atoms in total. The average Bonchev–Trinajstić information content (AvgIpc) is 3.50. The molecule has 0 unspecified atom stereocenters. The van der Waals surface area contributed by atoms with Crippen LogP contribution in [0.25, 0.3) is 32.8 Å². The highest BCUT2D eigenvalue weighted by molar-refractivity contribution is 6.04. The number of H-pyrrole nitrogens is 1. The number of nitrogens with one attached hydrogen (secondary N) is 1. The number of carboxylic acids is 1. The van der Waals surface area contributed by atoms with Crippen molar-refractivity contribution < 1.29 is 19.0 Å². The van der Waals surface area contributed by atoms with Crippen molar-refractivity contribution in [2.75, 3.05) is 20.2 Å². The number of ether oxygens (including phenoxy) is 1. The number of carboxylic acid groups (broad SMARTS) is 1. The molecule has 0 amide bonds. The van der Waals surface area contributed by atoms with E-state index in [0.717, 1.165) is 63.8 Å². The molecule has 3 aromatic carbocycles. The maximum atomic E-state index is 15.9. The molecule has 2 aromatic heterocycles. The van der Waals surface area contributed by atoms with Crippen molar-refractivity contribution in [2.24, 2.45) is 0 Å². The Morgan fingerprint density at radius 1 is 1.05 bits per heavy atom. The van der Waals surface area contributed by atoms with E-state index >= 15 is 4.39 Å². The van der Waals surface area contributed by atoms with Gasteiger partial charge >= 0.3 is 5.97 Å². The third-order valence-electron chi connectivity index (χ3n) is 8.17. The number of aromatic amines is 1. The van der Waals surface area contributed by atoms with Gasteiger partial charge in [0.05, 0.1) is 17.8 Å². The molecule has 1 aliphatic heterocycles. The second kappa shape index (κ2) is 11.4. The minimum Gasteiger partial charge on any atom is -0.493 e. The molecular weight excluding hydrogens is 519 g/mol. The van der Waals surface area contributed by atoms with E-state index in [-0.39, 0.29) is 11.5 Å². The predicted octanol–water partition coefficient (Wildman–Crippen LogP) is 6.82. The Kier molecular flexibility index (Phi) is 7.49. The monoisotopic (exact) mass is 554 g/mol. The third kappa shape index (κ3) is 4.97. The van der Waals surface area contributed by atoms with Crippen molar-refractivity contribution in [2.45, 2.75) is 52.1 Å². The first kappa shape index (κ1) is 27.0. The molecule has 3 heterocycles. The largest absolute Gasteiger partial charge is 0.493 e. The molecule has 8 heteroatoms. The van der Waals surface area contributed by atoms with Crippen LogP contribution in [0.15, 0.2) is 54.6 Å². The van der Waals surface area contributed by atoms with Crippen LogP contribution in [0.2, 0.25) is 0 Å². The van der Waals surface area contributed by atoms with Crippen molar-refractivity contribution in [3.8, 4) is 16.9 Å². The fraction of sp³-hybridized carbons (Fsp3) is 0.333. The van der Waals surface area contributed by atoms with Crippen molar-refractivity contribution in [3.63, 3.8) is 0 Å². The highest BCUT2D eigenvalue weighted by Gasteiger charge is 2.29. The molecule has 0 fully saturated rings. The van der Waals surface area contributed by atoms with E-state index in [1.165, 1.54) is 6.07 Å². The smallest absolute Gasteiger partial charge is 0.352 e. The maximum absolute atomic E-state index is 15.9.